The van der Waals surface area contributed by atoms with Gasteiger partial charge in [-0.15, -0.1) is 22.7 Å². The zero-order valence-electron chi connectivity index (χ0n) is 18.0. The largest absolute Gasteiger partial charge is 0.298 e. The van der Waals surface area contributed by atoms with Crippen molar-refractivity contribution >= 4 is 55.3 Å². The molecule has 0 saturated carbocycles. The van der Waals surface area contributed by atoms with Crippen LogP contribution in [0.2, 0.25) is 4.34 Å². The van der Waals surface area contributed by atoms with Crippen LogP contribution in [0.15, 0.2) is 46.7 Å². The van der Waals surface area contributed by atoms with Gasteiger partial charge in [-0.3, -0.25) is 10.1 Å². The van der Waals surface area contributed by atoms with Crippen LogP contribution in [0, 0.1) is 0 Å². The van der Waals surface area contributed by atoms with Crippen molar-refractivity contribution in [1.82, 2.24) is 9.29 Å². The summed E-state index contributed by atoms with van der Waals surface area (Å²) in [5.74, 6) is -0.340. The molecule has 3 aromatic rings. The number of hydrogen-bond acceptors (Lipinski definition) is 6. The molecule has 0 bridgehead atoms. The van der Waals surface area contributed by atoms with E-state index in [4.69, 9.17) is 11.6 Å². The van der Waals surface area contributed by atoms with Crippen LogP contribution in [0.25, 0.3) is 10.6 Å². The molecule has 0 atom stereocenters. The Kier molecular flexibility index (Phi) is 8.84. The third kappa shape index (κ3) is 6.17. The lowest BCUT2D eigenvalue weighted by Crippen LogP contribution is -2.33. The molecule has 0 aliphatic carbocycles. The number of amides is 1. The standard InChI is InChI=1S/C22H26ClN3O3S3/c1-3-5-13-26(14-6-4-2)32(28,29)17-9-7-16(8-10-17)21(27)25-22-24-18(15-30-22)19-11-12-20(23)31-19/h7-12,15H,3-6,13-14H2,1-2H3,(H,24,25,27). The van der Waals surface area contributed by atoms with Crippen LogP contribution in [0.5, 0.6) is 0 Å². The molecule has 172 valence electrons. The number of aromatic nitrogens is 1. The van der Waals surface area contributed by atoms with E-state index in [0.29, 0.717) is 28.1 Å². The predicted octanol–water partition coefficient (Wildman–Crippen LogP) is 6.37. The number of nitrogens with zero attached hydrogens (tertiary/aromatic N) is 2. The Balaban J connectivity index is 1.70. The smallest absolute Gasteiger partial charge is 0.257 e. The Morgan fingerprint density at radius 2 is 1.72 bits per heavy atom. The van der Waals surface area contributed by atoms with Gasteiger partial charge in [0.25, 0.3) is 5.91 Å². The summed E-state index contributed by atoms with van der Waals surface area (Å²) >= 11 is 8.72. The van der Waals surface area contributed by atoms with Crippen LogP contribution in [0.1, 0.15) is 49.9 Å². The summed E-state index contributed by atoms with van der Waals surface area (Å²) in [7, 11) is -3.59. The first-order valence-corrected chi connectivity index (χ1v) is 14.0. The zero-order chi connectivity index (χ0) is 23.1. The summed E-state index contributed by atoms with van der Waals surface area (Å²) in [6.07, 6.45) is 3.48. The van der Waals surface area contributed by atoms with Crippen molar-refractivity contribution in [3.63, 3.8) is 0 Å². The van der Waals surface area contributed by atoms with Crippen molar-refractivity contribution in [1.29, 1.82) is 0 Å². The molecule has 2 heterocycles. The second kappa shape index (κ2) is 11.4. The molecule has 2 aromatic heterocycles. The topological polar surface area (TPSA) is 79.4 Å². The highest BCUT2D eigenvalue weighted by molar-refractivity contribution is 7.89. The molecular formula is C22H26ClN3O3S3. The Labute approximate surface area is 202 Å². The van der Waals surface area contributed by atoms with E-state index >= 15 is 0 Å². The summed E-state index contributed by atoms with van der Waals surface area (Å²) in [5, 5.41) is 5.10. The summed E-state index contributed by atoms with van der Waals surface area (Å²) in [5.41, 5.74) is 1.12. The number of thiophene rings is 1. The van der Waals surface area contributed by atoms with E-state index in [9.17, 15) is 13.2 Å². The van der Waals surface area contributed by atoms with E-state index in [-0.39, 0.29) is 10.8 Å². The first-order chi connectivity index (χ1) is 15.3. The molecule has 0 radical (unpaired) electrons. The number of unbranched alkanes of at least 4 members (excludes halogenated alkanes) is 2. The summed E-state index contributed by atoms with van der Waals surface area (Å²) in [6, 6.07) is 9.75. The fourth-order valence-electron chi connectivity index (χ4n) is 3.01. The molecule has 1 aromatic carbocycles. The SMILES string of the molecule is CCCCN(CCCC)S(=O)(=O)c1ccc(C(=O)Nc2nc(-c3ccc(Cl)s3)cs2)cc1. The molecule has 0 fully saturated rings. The number of hydrogen-bond donors (Lipinski definition) is 1. The van der Waals surface area contributed by atoms with Gasteiger partial charge in [-0.05, 0) is 49.2 Å². The van der Waals surface area contributed by atoms with Gasteiger partial charge < -0.3 is 0 Å². The highest BCUT2D eigenvalue weighted by Crippen LogP contribution is 2.33. The lowest BCUT2D eigenvalue weighted by Gasteiger charge is -2.22. The van der Waals surface area contributed by atoms with Gasteiger partial charge in [-0.25, -0.2) is 13.4 Å². The Bertz CT molecular complexity index is 1130. The van der Waals surface area contributed by atoms with E-state index < -0.39 is 10.0 Å². The summed E-state index contributed by atoms with van der Waals surface area (Å²) in [6.45, 7) is 5.09. The van der Waals surface area contributed by atoms with E-state index in [1.807, 2.05) is 25.3 Å². The number of nitrogens with one attached hydrogen (secondary N) is 1. The van der Waals surface area contributed by atoms with E-state index in [0.717, 1.165) is 36.3 Å². The van der Waals surface area contributed by atoms with Gasteiger partial charge in [0.05, 0.1) is 19.8 Å². The maximum atomic E-state index is 13.1. The van der Waals surface area contributed by atoms with Crippen LogP contribution in [0.4, 0.5) is 5.13 Å². The average Bonchev–Trinajstić information content (AvgIpc) is 3.42. The quantitative estimate of drug-likeness (QED) is 0.324. The zero-order valence-corrected chi connectivity index (χ0v) is 21.2. The third-order valence-electron chi connectivity index (χ3n) is 4.83. The molecule has 6 nitrogen and oxygen atoms in total. The van der Waals surface area contributed by atoms with E-state index in [1.54, 1.807) is 10.4 Å². The summed E-state index contributed by atoms with van der Waals surface area (Å²) in [4.78, 5) is 18.2. The number of benzene rings is 1. The Hall–Kier alpha value is -1.78. The monoisotopic (exact) mass is 511 g/mol. The molecule has 1 amide bonds. The number of rotatable bonds is 11. The first kappa shape index (κ1) is 24.9. The molecule has 10 heteroatoms. The second-order valence-corrected chi connectivity index (χ2v) is 11.7. The number of halogens is 1. The number of carbonyl (C=O) groups is 1. The van der Waals surface area contributed by atoms with Crippen molar-refractivity contribution in [3.05, 3.63) is 51.7 Å². The van der Waals surface area contributed by atoms with Crippen molar-refractivity contribution in [2.24, 2.45) is 0 Å². The lowest BCUT2D eigenvalue weighted by atomic mass is 10.2. The molecule has 0 aliphatic rings. The lowest BCUT2D eigenvalue weighted by molar-refractivity contribution is 0.102. The second-order valence-electron chi connectivity index (χ2n) is 7.23. The van der Waals surface area contributed by atoms with E-state index in [2.05, 4.69) is 10.3 Å². The minimum atomic E-state index is -3.59. The van der Waals surface area contributed by atoms with Crippen LogP contribution in [-0.2, 0) is 10.0 Å². The summed E-state index contributed by atoms with van der Waals surface area (Å²) < 4.78 is 28.4. The number of carbonyl (C=O) groups excluding carboxylic acids is 1. The van der Waals surface area contributed by atoms with Gasteiger partial charge in [0.1, 0.15) is 0 Å². The number of thiazole rings is 1. The Morgan fingerprint density at radius 1 is 1.06 bits per heavy atom. The van der Waals surface area contributed by atoms with Crippen molar-refractivity contribution < 1.29 is 13.2 Å². The normalized spacial score (nSPS) is 11.8. The van der Waals surface area contributed by atoms with Gasteiger partial charge >= 0.3 is 0 Å². The molecular weight excluding hydrogens is 486 g/mol. The van der Waals surface area contributed by atoms with Gasteiger partial charge in [-0.1, -0.05) is 38.3 Å². The van der Waals surface area contributed by atoms with E-state index in [1.165, 1.54) is 46.9 Å². The van der Waals surface area contributed by atoms with Crippen molar-refractivity contribution in [2.45, 2.75) is 44.4 Å². The van der Waals surface area contributed by atoms with Gasteiger partial charge in [0, 0.05) is 24.0 Å². The third-order valence-corrected chi connectivity index (χ3v) is 8.75. The van der Waals surface area contributed by atoms with Crippen molar-refractivity contribution in [2.75, 3.05) is 18.4 Å². The fourth-order valence-corrected chi connectivity index (χ4v) is 6.32. The van der Waals surface area contributed by atoms with Crippen LogP contribution in [0.3, 0.4) is 0 Å². The molecule has 0 unspecified atom stereocenters. The molecule has 0 saturated heterocycles. The fraction of sp³-hybridized carbons (Fsp3) is 0.364. The van der Waals surface area contributed by atoms with Gasteiger partial charge in [-0.2, -0.15) is 4.31 Å². The highest BCUT2D eigenvalue weighted by Gasteiger charge is 2.24. The maximum absolute atomic E-state index is 13.1. The van der Waals surface area contributed by atoms with Gasteiger partial charge in [0.2, 0.25) is 10.0 Å². The minimum Gasteiger partial charge on any atom is -0.298 e. The molecule has 0 aliphatic heterocycles. The molecule has 1 N–H and O–H groups in total. The first-order valence-electron chi connectivity index (χ1n) is 10.5. The number of sulfonamides is 1. The molecule has 0 spiro atoms. The van der Waals surface area contributed by atoms with Crippen LogP contribution in [-0.4, -0.2) is 36.7 Å². The molecule has 32 heavy (non-hydrogen) atoms. The van der Waals surface area contributed by atoms with Gasteiger partial charge in [0.15, 0.2) is 5.13 Å². The minimum absolute atomic E-state index is 0.201. The molecule has 3 rings (SSSR count). The predicted molar refractivity (Wildman–Crippen MR) is 133 cm³/mol. The van der Waals surface area contributed by atoms with Crippen LogP contribution >= 0.6 is 34.3 Å². The Morgan fingerprint density at radius 3 is 2.28 bits per heavy atom. The highest BCUT2D eigenvalue weighted by atomic mass is 35.5. The average molecular weight is 512 g/mol. The van der Waals surface area contributed by atoms with Crippen molar-refractivity contribution in [3.8, 4) is 10.6 Å². The number of anilines is 1. The van der Waals surface area contributed by atoms with Crippen LogP contribution < -0.4 is 5.32 Å². The maximum Gasteiger partial charge on any atom is 0.257 e.